The first-order valence-electron chi connectivity index (χ1n) is 6.06. The van der Waals surface area contributed by atoms with Gasteiger partial charge < -0.3 is 5.32 Å². The van der Waals surface area contributed by atoms with Crippen LogP contribution in [0.2, 0.25) is 5.02 Å². The Hall–Kier alpha value is -1.92. The van der Waals surface area contributed by atoms with Crippen LogP contribution >= 0.6 is 27.5 Å². The Morgan fingerprint density at radius 3 is 2.81 bits per heavy atom. The second-order valence-corrected chi connectivity index (χ2v) is 5.34. The molecule has 0 radical (unpaired) electrons. The molecule has 0 aliphatic heterocycles. The van der Waals surface area contributed by atoms with Crippen LogP contribution in [0.5, 0.6) is 0 Å². The molecule has 1 aromatic heterocycles. The standard InChI is InChI=1S/C14H12BrClN4O/c15-12-7-11(16)1-2-13(12)18-9-14(21)20-19-8-10-3-5-17-6-4-10/h1-8,18H,9H2,(H,20,21)/b19-8-. The van der Waals surface area contributed by atoms with Gasteiger partial charge in [-0.1, -0.05) is 11.6 Å². The van der Waals surface area contributed by atoms with Crippen molar-refractivity contribution in [2.75, 3.05) is 11.9 Å². The highest BCUT2D eigenvalue weighted by molar-refractivity contribution is 9.10. The summed E-state index contributed by atoms with van der Waals surface area (Å²) in [6.45, 7) is 0.105. The third-order valence-corrected chi connectivity index (χ3v) is 3.37. The molecule has 0 spiro atoms. The van der Waals surface area contributed by atoms with Gasteiger partial charge in [0.2, 0.25) is 0 Å². The third-order valence-electron chi connectivity index (χ3n) is 2.48. The van der Waals surface area contributed by atoms with Gasteiger partial charge in [0.1, 0.15) is 0 Å². The van der Waals surface area contributed by atoms with E-state index in [4.69, 9.17) is 11.6 Å². The Morgan fingerprint density at radius 2 is 2.10 bits per heavy atom. The second kappa shape index (κ2) is 7.75. The number of hydrogen-bond acceptors (Lipinski definition) is 4. The second-order valence-electron chi connectivity index (χ2n) is 4.05. The number of nitrogens with one attached hydrogen (secondary N) is 2. The Kier molecular flexibility index (Phi) is 5.71. The molecule has 21 heavy (non-hydrogen) atoms. The lowest BCUT2D eigenvalue weighted by Crippen LogP contribution is -2.26. The largest absolute Gasteiger partial charge is 0.375 e. The molecule has 0 aliphatic carbocycles. The molecule has 0 saturated heterocycles. The number of hydrogen-bond donors (Lipinski definition) is 2. The number of amides is 1. The van der Waals surface area contributed by atoms with E-state index in [1.54, 1.807) is 48.9 Å². The lowest BCUT2D eigenvalue weighted by Gasteiger charge is -2.07. The fourth-order valence-corrected chi connectivity index (χ4v) is 2.30. The monoisotopic (exact) mass is 366 g/mol. The van der Waals surface area contributed by atoms with Gasteiger partial charge in [-0.15, -0.1) is 0 Å². The minimum absolute atomic E-state index is 0.105. The van der Waals surface area contributed by atoms with E-state index in [0.29, 0.717) is 5.02 Å². The summed E-state index contributed by atoms with van der Waals surface area (Å²) >= 11 is 9.21. The predicted molar refractivity (Wildman–Crippen MR) is 87.6 cm³/mol. The molecule has 1 heterocycles. The molecular formula is C14H12BrClN4O. The summed E-state index contributed by atoms with van der Waals surface area (Å²) in [6.07, 6.45) is 4.86. The third kappa shape index (κ3) is 5.17. The van der Waals surface area contributed by atoms with E-state index < -0.39 is 0 Å². The summed E-state index contributed by atoms with van der Waals surface area (Å²) in [4.78, 5) is 15.5. The van der Waals surface area contributed by atoms with Crippen molar-refractivity contribution in [3.63, 3.8) is 0 Å². The molecule has 2 rings (SSSR count). The van der Waals surface area contributed by atoms with Gasteiger partial charge >= 0.3 is 0 Å². The molecule has 7 heteroatoms. The van der Waals surface area contributed by atoms with Crippen LogP contribution in [0, 0.1) is 0 Å². The lowest BCUT2D eigenvalue weighted by atomic mass is 10.3. The Bertz CT molecular complexity index is 649. The maximum Gasteiger partial charge on any atom is 0.259 e. The smallest absolute Gasteiger partial charge is 0.259 e. The maximum absolute atomic E-state index is 11.6. The SMILES string of the molecule is O=C(CNc1ccc(Cl)cc1Br)N/N=C\c1ccncc1. The van der Waals surface area contributed by atoms with Crippen LogP contribution in [-0.2, 0) is 4.79 Å². The quantitative estimate of drug-likeness (QED) is 0.630. The van der Waals surface area contributed by atoms with Crippen molar-refractivity contribution in [3.8, 4) is 0 Å². The fourth-order valence-electron chi connectivity index (χ4n) is 1.48. The molecule has 108 valence electrons. The van der Waals surface area contributed by atoms with Crippen LogP contribution in [-0.4, -0.2) is 23.7 Å². The van der Waals surface area contributed by atoms with Crippen LogP contribution < -0.4 is 10.7 Å². The van der Waals surface area contributed by atoms with Crippen LogP contribution in [0.15, 0.2) is 52.3 Å². The van der Waals surface area contributed by atoms with E-state index in [1.165, 1.54) is 0 Å². The molecule has 0 saturated carbocycles. The number of benzene rings is 1. The van der Waals surface area contributed by atoms with E-state index in [2.05, 4.69) is 36.8 Å². The summed E-state index contributed by atoms with van der Waals surface area (Å²) in [5.41, 5.74) is 4.08. The number of rotatable bonds is 5. The number of carbonyl (C=O) groups is 1. The first kappa shape index (κ1) is 15.5. The molecule has 0 atom stereocenters. The summed E-state index contributed by atoms with van der Waals surface area (Å²) in [5.74, 6) is -0.248. The van der Waals surface area contributed by atoms with Crippen molar-refractivity contribution in [2.24, 2.45) is 5.10 Å². The van der Waals surface area contributed by atoms with Gasteiger partial charge in [0.25, 0.3) is 5.91 Å². The van der Waals surface area contributed by atoms with Crippen molar-refractivity contribution in [1.82, 2.24) is 10.4 Å². The summed E-state index contributed by atoms with van der Waals surface area (Å²) in [5, 5.41) is 7.48. The highest BCUT2D eigenvalue weighted by Crippen LogP contribution is 2.25. The van der Waals surface area contributed by atoms with Gasteiger partial charge in [0.05, 0.1) is 12.8 Å². The zero-order valence-corrected chi connectivity index (χ0v) is 13.2. The fraction of sp³-hybridized carbons (Fsp3) is 0.0714. The van der Waals surface area contributed by atoms with Crippen molar-refractivity contribution < 1.29 is 4.79 Å². The number of nitrogens with zero attached hydrogens (tertiary/aromatic N) is 2. The average molecular weight is 368 g/mol. The van der Waals surface area contributed by atoms with Gasteiger partial charge in [-0.3, -0.25) is 9.78 Å². The first-order chi connectivity index (χ1) is 10.1. The minimum atomic E-state index is -0.248. The highest BCUT2D eigenvalue weighted by Gasteiger charge is 2.03. The van der Waals surface area contributed by atoms with Gasteiger partial charge in [0, 0.05) is 27.6 Å². The zero-order valence-electron chi connectivity index (χ0n) is 10.9. The van der Waals surface area contributed by atoms with Gasteiger partial charge in [-0.25, -0.2) is 5.43 Å². The molecule has 0 bridgehead atoms. The number of halogens is 2. The van der Waals surface area contributed by atoms with Crippen LogP contribution in [0.25, 0.3) is 0 Å². The van der Waals surface area contributed by atoms with E-state index in [-0.39, 0.29) is 12.5 Å². The molecule has 0 fully saturated rings. The van der Waals surface area contributed by atoms with Crippen molar-refractivity contribution in [1.29, 1.82) is 0 Å². The lowest BCUT2D eigenvalue weighted by molar-refractivity contribution is -0.119. The molecule has 1 amide bonds. The zero-order chi connectivity index (χ0) is 15.1. The summed E-state index contributed by atoms with van der Waals surface area (Å²) in [6, 6.07) is 8.87. The maximum atomic E-state index is 11.6. The van der Waals surface area contributed by atoms with Crippen molar-refractivity contribution in [2.45, 2.75) is 0 Å². The molecule has 2 N–H and O–H groups in total. The van der Waals surface area contributed by atoms with Crippen molar-refractivity contribution >= 4 is 45.3 Å². The number of hydrazone groups is 1. The molecule has 1 aromatic carbocycles. The predicted octanol–water partition coefficient (Wildman–Crippen LogP) is 3.06. The van der Waals surface area contributed by atoms with Crippen LogP contribution in [0.3, 0.4) is 0 Å². The van der Waals surface area contributed by atoms with E-state index >= 15 is 0 Å². The van der Waals surface area contributed by atoms with E-state index in [0.717, 1.165) is 15.7 Å². The Morgan fingerprint density at radius 1 is 1.33 bits per heavy atom. The van der Waals surface area contributed by atoms with Crippen LogP contribution in [0.1, 0.15) is 5.56 Å². The Balaban J connectivity index is 1.81. The number of carbonyl (C=O) groups excluding carboxylic acids is 1. The molecule has 5 nitrogen and oxygen atoms in total. The minimum Gasteiger partial charge on any atom is -0.375 e. The number of pyridine rings is 1. The average Bonchev–Trinajstić information content (AvgIpc) is 2.47. The molecule has 2 aromatic rings. The Labute approximate surface area is 135 Å². The summed E-state index contributed by atoms with van der Waals surface area (Å²) in [7, 11) is 0. The van der Waals surface area contributed by atoms with Crippen molar-refractivity contribution in [3.05, 3.63) is 57.8 Å². The normalized spacial score (nSPS) is 10.6. The first-order valence-corrected chi connectivity index (χ1v) is 7.23. The number of anilines is 1. The van der Waals surface area contributed by atoms with Crippen LogP contribution in [0.4, 0.5) is 5.69 Å². The summed E-state index contributed by atoms with van der Waals surface area (Å²) < 4.78 is 0.795. The highest BCUT2D eigenvalue weighted by atomic mass is 79.9. The van der Waals surface area contributed by atoms with Gasteiger partial charge in [-0.2, -0.15) is 5.10 Å². The molecule has 0 unspecified atom stereocenters. The molecular weight excluding hydrogens is 356 g/mol. The topological polar surface area (TPSA) is 66.4 Å². The van der Waals surface area contributed by atoms with E-state index in [9.17, 15) is 4.79 Å². The number of aromatic nitrogens is 1. The van der Waals surface area contributed by atoms with Gasteiger partial charge in [0.15, 0.2) is 0 Å². The van der Waals surface area contributed by atoms with E-state index in [1.807, 2.05) is 0 Å². The van der Waals surface area contributed by atoms with Gasteiger partial charge in [-0.05, 0) is 51.8 Å². The molecule has 0 aliphatic rings.